The number of carbonyl (C=O) groups excluding carboxylic acids is 1. The molecule has 0 saturated heterocycles. The Hall–Kier alpha value is -2.43. The minimum absolute atomic E-state index is 0.707. The highest BCUT2D eigenvalue weighted by Gasteiger charge is 2.25. The number of nitrogen functional groups attached to an aromatic ring is 1. The van der Waals surface area contributed by atoms with Crippen molar-refractivity contribution in [2.24, 2.45) is 11.8 Å². The number of rotatable bonds is 1. The summed E-state index contributed by atoms with van der Waals surface area (Å²) in [6.45, 7) is 0. The third kappa shape index (κ3) is 5.48. The van der Waals surface area contributed by atoms with Gasteiger partial charge in [0.2, 0.25) is 0 Å². The van der Waals surface area contributed by atoms with E-state index in [9.17, 15) is 4.79 Å². The van der Waals surface area contributed by atoms with Crippen LogP contribution in [0.4, 0.5) is 5.69 Å². The van der Waals surface area contributed by atoms with E-state index in [2.05, 4.69) is 68.3 Å². The van der Waals surface area contributed by atoms with E-state index in [4.69, 9.17) is 5.73 Å². The lowest BCUT2D eigenvalue weighted by molar-refractivity contribution is 0.112. The van der Waals surface area contributed by atoms with Crippen LogP contribution in [-0.4, -0.2) is 6.29 Å². The smallest absolute Gasteiger partial charge is 0.150 e. The molecule has 0 aliphatic heterocycles. The van der Waals surface area contributed by atoms with E-state index < -0.39 is 0 Å². The zero-order chi connectivity index (χ0) is 22.5. The summed E-state index contributed by atoms with van der Waals surface area (Å²) in [4.78, 5) is 10.1. The lowest BCUT2D eigenvalue weighted by Crippen LogP contribution is -1.88. The summed E-state index contributed by atoms with van der Waals surface area (Å²) in [7, 11) is 0. The first-order valence-electron chi connectivity index (χ1n) is 10.8. The predicted octanol–water partition coefficient (Wildman–Crippen LogP) is 8.57. The molecule has 32 heavy (non-hydrogen) atoms. The van der Waals surface area contributed by atoms with Crippen molar-refractivity contribution in [3.63, 3.8) is 0 Å². The van der Waals surface area contributed by atoms with Gasteiger partial charge >= 0.3 is 0 Å². The number of benzene rings is 4. The molecule has 0 aromatic heterocycles. The summed E-state index contributed by atoms with van der Waals surface area (Å²) in [6, 6.07) is 23.7. The average molecular weight is 551 g/mol. The van der Waals surface area contributed by atoms with Crippen molar-refractivity contribution in [3.8, 4) is 0 Å². The molecule has 1 fully saturated rings. The van der Waals surface area contributed by atoms with E-state index in [1.165, 1.54) is 35.4 Å². The highest BCUT2D eigenvalue weighted by molar-refractivity contribution is 9.10. The second-order valence-corrected chi connectivity index (χ2v) is 10.1. The maximum Gasteiger partial charge on any atom is 0.150 e. The van der Waals surface area contributed by atoms with Gasteiger partial charge in [-0.2, -0.15) is 0 Å². The van der Waals surface area contributed by atoms with Gasteiger partial charge in [0, 0.05) is 25.6 Å². The minimum atomic E-state index is 0.707. The summed E-state index contributed by atoms with van der Waals surface area (Å²) in [5, 5.41) is 4.74. The number of allylic oxidation sites excluding steroid dienone is 2. The third-order valence-electron chi connectivity index (χ3n) is 6.03. The number of anilines is 1. The van der Waals surface area contributed by atoms with Gasteiger partial charge in [-0.05, 0) is 77.6 Å². The monoisotopic (exact) mass is 549 g/mol. The minimum Gasteiger partial charge on any atom is -0.398 e. The average Bonchev–Trinajstić information content (AvgIpc) is 3.48. The molecule has 4 heteroatoms. The SMILES string of the molecule is C1=CC2CCC1C2.Nc1cc2ccc(Br)cc2c2ccccc12.O=Cc1ccc(Br)cc1. The van der Waals surface area contributed by atoms with Crippen LogP contribution in [0.25, 0.3) is 21.5 Å². The lowest BCUT2D eigenvalue weighted by Gasteiger charge is -2.07. The molecule has 2 aliphatic carbocycles. The highest BCUT2D eigenvalue weighted by atomic mass is 79.9. The van der Waals surface area contributed by atoms with Crippen molar-refractivity contribution in [3.05, 3.63) is 99.5 Å². The Kier molecular flexibility index (Phi) is 7.44. The normalized spacial score (nSPS) is 18.1. The molecule has 2 bridgehead atoms. The van der Waals surface area contributed by atoms with Crippen LogP contribution in [0, 0.1) is 11.8 Å². The fourth-order valence-corrected chi connectivity index (χ4v) is 4.99. The molecular formula is C28H25Br2NO. The Morgan fingerprint density at radius 2 is 1.38 bits per heavy atom. The van der Waals surface area contributed by atoms with Gasteiger partial charge in [0.1, 0.15) is 6.29 Å². The van der Waals surface area contributed by atoms with Crippen LogP contribution in [0.3, 0.4) is 0 Å². The molecule has 2 nitrogen and oxygen atoms in total. The summed E-state index contributed by atoms with van der Waals surface area (Å²) in [6.07, 6.45) is 10.0. The van der Waals surface area contributed by atoms with Crippen LogP contribution in [0.2, 0.25) is 0 Å². The van der Waals surface area contributed by atoms with Gasteiger partial charge in [-0.15, -0.1) is 0 Å². The van der Waals surface area contributed by atoms with Crippen LogP contribution >= 0.6 is 31.9 Å². The zero-order valence-electron chi connectivity index (χ0n) is 17.7. The Bertz CT molecular complexity index is 1250. The first kappa shape index (κ1) is 22.8. The number of fused-ring (bicyclic) bond motifs is 5. The van der Waals surface area contributed by atoms with Gasteiger partial charge < -0.3 is 5.73 Å². The molecule has 6 rings (SSSR count). The van der Waals surface area contributed by atoms with Crippen molar-refractivity contribution < 1.29 is 4.79 Å². The van der Waals surface area contributed by atoms with E-state index in [1.54, 1.807) is 12.1 Å². The van der Waals surface area contributed by atoms with Crippen LogP contribution in [0.5, 0.6) is 0 Å². The molecule has 0 heterocycles. The third-order valence-corrected chi connectivity index (χ3v) is 7.05. The molecule has 2 atom stereocenters. The molecule has 0 radical (unpaired) electrons. The molecule has 2 N–H and O–H groups in total. The highest BCUT2D eigenvalue weighted by Crippen LogP contribution is 2.38. The molecule has 2 aliphatic rings. The Balaban J connectivity index is 0.000000129. The van der Waals surface area contributed by atoms with Crippen molar-refractivity contribution in [2.45, 2.75) is 19.3 Å². The second kappa shape index (κ2) is 10.5. The summed E-state index contributed by atoms with van der Waals surface area (Å²) < 4.78 is 2.09. The maximum atomic E-state index is 10.1. The van der Waals surface area contributed by atoms with E-state index >= 15 is 0 Å². The van der Waals surface area contributed by atoms with Gasteiger partial charge in [0.05, 0.1) is 0 Å². The van der Waals surface area contributed by atoms with Gasteiger partial charge in [-0.1, -0.05) is 86.5 Å². The lowest BCUT2D eigenvalue weighted by atomic mass is 10.0. The van der Waals surface area contributed by atoms with Crippen LogP contribution in [-0.2, 0) is 0 Å². The van der Waals surface area contributed by atoms with Gasteiger partial charge in [0.15, 0.2) is 0 Å². The molecule has 4 aromatic rings. The first-order valence-corrected chi connectivity index (χ1v) is 12.4. The summed E-state index contributed by atoms with van der Waals surface area (Å²) >= 11 is 6.76. The molecule has 1 saturated carbocycles. The van der Waals surface area contributed by atoms with E-state index in [0.717, 1.165) is 38.1 Å². The molecule has 4 aromatic carbocycles. The first-order chi connectivity index (χ1) is 15.5. The van der Waals surface area contributed by atoms with Crippen molar-refractivity contribution in [1.29, 1.82) is 0 Å². The molecule has 0 spiro atoms. The van der Waals surface area contributed by atoms with Crippen molar-refractivity contribution >= 4 is 65.4 Å². The summed E-state index contributed by atoms with van der Waals surface area (Å²) in [5.74, 6) is 1.98. The van der Waals surface area contributed by atoms with Crippen LogP contribution < -0.4 is 5.73 Å². The molecule has 0 amide bonds. The topological polar surface area (TPSA) is 43.1 Å². The number of halogens is 2. The Morgan fingerprint density at radius 3 is 1.94 bits per heavy atom. The number of hydrogen-bond acceptors (Lipinski definition) is 2. The number of nitrogens with two attached hydrogens (primary N) is 1. The standard InChI is InChI=1S/C14H10BrN.C7H5BrO.C7H10/c15-10-6-5-9-7-14(16)12-4-2-1-3-11(12)13(9)8-10;8-7-3-1-6(5-9)2-4-7;1-2-7-4-3-6(1)5-7/h1-8H,16H2;1-5H;1-2,6-7H,3-5H2. The molecule has 2 unspecified atom stereocenters. The Morgan fingerprint density at radius 1 is 0.750 bits per heavy atom. The van der Waals surface area contributed by atoms with Crippen molar-refractivity contribution in [1.82, 2.24) is 0 Å². The fourth-order valence-electron chi connectivity index (χ4n) is 4.36. The molecular weight excluding hydrogens is 526 g/mol. The van der Waals surface area contributed by atoms with Gasteiger partial charge in [-0.3, -0.25) is 4.79 Å². The number of aldehydes is 1. The Labute approximate surface area is 205 Å². The van der Waals surface area contributed by atoms with Gasteiger partial charge in [0.25, 0.3) is 0 Å². The molecule has 162 valence electrons. The predicted molar refractivity (Wildman–Crippen MR) is 143 cm³/mol. The van der Waals surface area contributed by atoms with Crippen LogP contribution in [0.1, 0.15) is 29.6 Å². The zero-order valence-corrected chi connectivity index (χ0v) is 20.8. The van der Waals surface area contributed by atoms with Crippen molar-refractivity contribution in [2.75, 3.05) is 5.73 Å². The second-order valence-electron chi connectivity index (χ2n) is 8.26. The summed E-state index contributed by atoms with van der Waals surface area (Å²) in [5.41, 5.74) is 7.59. The van der Waals surface area contributed by atoms with Crippen LogP contribution in [0.15, 0.2) is 93.9 Å². The van der Waals surface area contributed by atoms with Gasteiger partial charge in [-0.25, -0.2) is 0 Å². The largest absolute Gasteiger partial charge is 0.398 e. The van der Waals surface area contributed by atoms with E-state index in [1.807, 2.05) is 36.4 Å². The number of carbonyl (C=O) groups is 1. The van der Waals surface area contributed by atoms with E-state index in [-0.39, 0.29) is 0 Å². The maximum absolute atomic E-state index is 10.1. The quantitative estimate of drug-likeness (QED) is 0.112. The fraction of sp³-hybridized carbons (Fsp3) is 0.179. The van der Waals surface area contributed by atoms with E-state index in [0.29, 0.717) is 5.56 Å². The number of hydrogen-bond donors (Lipinski definition) is 1.